The Morgan fingerprint density at radius 1 is 1.45 bits per heavy atom. The van der Waals surface area contributed by atoms with Crippen molar-refractivity contribution in [2.24, 2.45) is 7.05 Å². The molecule has 1 aromatic heterocycles. The standard InChI is InChI=1S/C15H19FIN3/c1-3-6-18-15(7-11-9-19-20(2)10-11)13-5-4-12(16)8-14(13)17/h4-5,8-10,15,18H,3,6-7H2,1-2H3. The Morgan fingerprint density at radius 3 is 2.85 bits per heavy atom. The van der Waals surface area contributed by atoms with E-state index in [-0.39, 0.29) is 11.9 Å². The predicted molar refractivity (Wildman–Crippen MR) is 87.1 cm³/mol. The van der Waals surface area contributed by atoms with Crippen molar-refractivity contribution < 1.29 is 4.39 Å². The maximum absolute atomic E-state index is 13.3. The largest absolute Gasteiger partial charge is 0.310 e. The highest BCUT2D eigenvalue weighted by atomic mass is 127. The second-order valence-corrected chi connectivity index (χ2v) is 6.06. The maximum Gasteiger partial charge on any atom is 0.124 e. The van der Waals surface area contributed by atoms with Crippen LogP contribution < -0.4 is 5.32 Å². The fourth-order valence-electron chi connectivity index (χ4n) is 2.21. The molecule has 0 aliphatic rings. The summed E-state index contributed by atoms with van der Waals surface area (Å²) in [4.78, 5) is 0. The summed E-state index contributed by atoms with van der Waals surface area (Å²) in [5, 5.41) is 7.75. The molecule has 3 nitrogen and oxygen atoms in total. The Hall–Kier alpha value is -0.950. The molecule has 0 spiro atoms. The maximum atomic E-state index is 13.3. The molecule has 0 bridgehead atoms. The van der Waals surface area contributed by atoms with Crippen LogP contribution in [-0.2, 0) is 13.5 Å². The number of aryl methyl sites for hydroxylation is 1. The molecule has 0 fully saturated rings. The molecule has 2 aromatic rings. The van der Waals surface area contributed by atoms with Crippen LogP contribution in [0.25, 0.3) is 0 Å². The van der Waals surface area contributed by atoms with E-state index in [1.807, 2.05) is 30.2 Å². The van der Waals surface area contributed by atoms with Gasteiger partial charge in [0.1, 0.15) is 5.82 Å². The molecular weight excluding hydrogens is 368 g/mol. The third kappa shape index (κ3) is 4.02. The fraction of sp³-hybridized carbons (Fsp3) is 0.400. The normalized spacial score (nSPS) is 12.6. The van der Waals surface area contributed by atoms with Gasteiger partial charge in [0.2, 0.25) is 0 Å². The van der Waals surface area contributed by atoms with Crippen LogP contribution in [0.1, 0.15) is 30.5 Å². The van der Waals surface area contributed by atoms with Crippen molar-refractivity contribution in [1.82, 2.24) is 15.1 Å². The van der Waals surface area contributed by atoms with Crippen LogP contribution in [-0.4, -0.2) is 16.3 Å². The molecule has 1 aromatic carbocycles. The number of rotatable bonds is 6. The summed E-state index contributed by atoms with van der Waals surface area (Å²) in [6, 6.07) is 5.17. The minimum atomic E-state index is -0.186. The number of halogens is 2. The zero-order chi connectivity index (χ0) is 14.5. The van der Waals surface area contributed by atoms with Crippen molar-refractivity contribution in [1.29, 1.82) is 0 Å². The van der Waals surface area contributed by atoms with Gasteiger partial charge in [0, 0.05) is 22.9 Å². The summed E-state index contributed by atoms with van der Waals surface area (Å²) in [5.41, 5.74) is 2.32. The molecule has 20 heavy (non-hydrogen) atoms. The number of hydrogen-bond acceptors (Lipinski definition) is 2. The summed E-state index contributed by atoms with van der Waals surface area (Å²) in [7, 11) is 1.92. The number of hydrogen-bond donors (Lipinski definition) is 1. The molecular formula is C15H19FIN3. The molecule has 108 valence electrons. The monoisotopic (exact) mass is 387 g/mol. The number of nitrogens with zero attached hydrogens (tertiary/aromatic N) is 2. The van der Waals surface area contributed by atoms with Crippen molar-refractivity contribution in [2.75, 3.05) is 6.54 Å². The second-order valence-electron chi connectivity index (χ2n) is 4.90. The number of aromatic nitrogens is 2. The van der Waals surface area contributed by atoms with Gasteiger partial charge in [-0.3, -0.25) is 4.68 Å². The molecule has 0 radical (unpaired) electrons. The second kappa shape index (κ2) is 7.17. The highest BCUT2D eigenvalue weighted by Gasteiger charge is 2.15. The number of nitrogens with one attached hydrogen (secondary N) is 1. The molecule has 1 heterocycles. The van der Waals surface area contributed by atoms with Gasteiger partial charge in [-0.1, -0.05) is 13.0 Å². The summed E-state index contributed by atoms with van der Waals surface area (Å²) in [6.07, 6.45) is 5.84. The van der Waals surface area contributed by atoms with Gasteiger partial charge >= 0.3 is 0 Å². The Bertz CT molecular complexity index is 568. The van der Waals surface area contributed by atoms with Gasteiger partial charge < -0.3 is 5.32 Å². The van der Waals surface area contributed by atoms with Crippen LogP contribution in [0.2, 0.25) is 0 Å². The summed E-state index contributed by atoms with van der Waals surface area (Å²) >= 11 is 2.20. The zero-order valence-corrected chi connectivity index (χ0v) is 13.9. The zero-order valence-electron chi connectivity index (χ0n) is 11.7. The van der Waals surface area contributed by atoms with E-state index in [9.17, 15) is 4.39 Å². The SMILES string of the molecule is CCCNC(Cc1cnn(C)c1)c1ccc(F)cc1I. The predicted octanol–water partition coefficient (Wildman–Crippen LogP) is 3.45. The lowest BCUT2D eigenvalue weighted by Gasteiger charge is -2.20. The minimum Gasteiger partial charge on any atom is -0.310 e. The van der Waals surface area contributed by atoms with Gasteiger partial charge in [-0.2, -0.15) is 5.10 Å². The lowest BCUT2D eigenvalue weighted by Crippen LogP contribution is -2.24. The molecule has 5 heteroatoms. The summed E-state index contributed by atoms with van der Waals surface area (Å²) in [6.45, 7) is 3.09. The fourth-order valence-corrected chi connectivity index (χ4v) is 3.06. The first-order valence-electron chi connectivity index (χ1n) is 6.76. The highest BCUT2D eigenvalue weighted by Crippen LogP contribution is 2.24. The lowest BCUT2D eigenvalue weighted by atomic mass is 10.0. The van der Waals surface area contributed by atoms with Gasteiger partial charge in [-0.25, -0.2) is 4.39 Å². The minimum absolute atomic E-state index is 0.186. The van der Waals surface area contributed by atoms with E-state index in [4.69, 9.17) is 0 Å². The van der Waals surface area contributed by atoms with E-state index in [2.05, 4.69) is 39.9 Å². The highest BCUT2D eigenvalue weighted by molar-refractivity contribution is 14.1. The van der Waals surface area contributed by atoms with Crippen LogP contribution in [0.5, 0.6) is 0 Å². The van der Waals surface area contributed by atoms with Crippen molar-refractivity contribution >= 4 is 22.6 Å². The molecule has 1 N–H and O–H groups in total. The quantitative estimate of drug-likeness (QED) is 0.770. The first kappa shape index (κ1) is 15.4. The average molecular weight is 387 g/mol. The molecule has 2 rings (SSSR count). The van der Waals surface area contributed by atoms with Crippen LogP contribution in [0.4, 0.5) is 4.39 Å². The van der Waals surface area contributed by atoms with Crippen LogP contribution >= 0.6 is 22.6 Å². The summed E-state index contributed by atoms with van der Waals surface area (Å²) < 4.78 is 16.0. The molecule has 0 aliphatic heterocycles. The first-order valence-corrected chi connectivity index (χ1v) is 7.84. The van der Waals surface area contributed by atoms with Gasteiger partial charge in [0.15, 0.2) is 0 Å². The Morgan fingerprint density at radius 2 is 2.25 bits per heavy atom. The van der Waals surface area contributed by atoms with E-state index in [1.165, 1.54) is 11.6 Å². The Labute approximate surface area is 132 Å². The molecule has 0 saturated carbocycles. The molecule has 1 atom stereocenters. The van der Waals surface area contributed by atoms with Gasteiger partial charge in [-0.15, -0.1) is 0 Å². The lowest BCUT2D eigenvalue weighted by molar-refractivity contribution is 0.525. The topological polar surface area (TPSA) is 29.9 Å². The van der Waals surface area contributed by atoms with E-state index < -0.39 is 0 Å². The third-order valence-corrected chi connectivity index (χ3v) is 4.11. The molecule has 0 aliphatic carbocycles. The van der Waals surface area contributed by atoms with Gasteiger partial charge in [-0.05, 0) is 65.2 Å². The van der Waals surface area contributed by atoms with Gasteiger partial charge in [0.05, 0.1) is 6.20 Å². The third-order valence-electron chi connectivity index (χ3n) is 3.18. The number of benzene rings is 1. The van der Waals surface area contributed by atoms with E-state index >= 15 is 0 Å². The van der Waals surface area contributed by atoms with Crippen LogP contribution in [0.3, 0.4) is 0 Å². The van der Waals surface area contributed by atoms with Crippen molar-refractivity contribution in [3.05, 3.63) is 51.1 Å². The Balaban J connectivity index is 2.22. The van der Waals surface area contributed by atoms with Crippen LogP contribution in [0, 0.1) is 9.39 Å². The van der Waals surface area contributed by atoms with Crippen molar-refractivity contribution in [3.63, 3.8) is 0 Å². The first-order chi connectivity index (χ1) is 9.60. The van der Waals surface area contributed by atoms with E-state index in [0.29, 0.717) is 0 Å². The molecule has 0 amide bonds. The average Bonchev–Trinajstić information content (AvgIpc) is 2.80. The summed E-state index contributed by atoms with van der Waals surface area (Å²) in [5.74, 6) is -0.186. The smallest absolute Gasteiger partial charge is 0.124 e. The van der Waals surface area contributed by atoms with Crippen molar-refractivity contribution in [3.8, 4) is 0 Å². The Kier molecular flexibility index (Phi) is 5.54. The van der Waals surface area contributed by atoms with Gasteiger partial charge in [0.25, 0.3) is 0 Å². The van der Waals surface area contributed by atoms with E-state index in [1.54, 1.807) is 6.07 Å². The molecule has 1 unspecified atom stereocenters. The van der Waals surface area contributed by atoms with E-state index in [0.717, 1.165) is 28.5 Å². The van der Waals surface area contributed by atoms with Crippen molar-refractivity contribution in [2.45, 2.75) is 25.8 Å². The van der Waals surface area contributed by atoms with Crippen LogP contribution in [0.15, 0.2) is 30.6 Å². The molecule has 0 saturated heterocycles.